The number of hydrogen-bond acceptors (Lipinski definition) is 0. The average Bonchev–Trinajstić information content (AvgIpc) is 2.40. The third-order valence-electron chi connectivity index (χ3n) is 1.81. The fourth-order valence-corrected chi connectivity index (χ4v) is 1.09. The van der Waals surface area contributed by atoms with Crippen molar-refractivity contribution in [2.75, 3.05) is 0 Å². The molecule has 0 atom stereocenters. The van der Waals surface area contributed by atoms with Gasteiger partial charge in [0.1, 0.15) is 0 Å². The van der Waals surface area contributed by atoms with Gasteiger partial charge in [0.05, 0.1) is 0 Å². The predicted octanol–water partition coefficient (Wildman–Crippen LogP) is 3.95. The summed E-state index contributed by atoms with van der Waals surface area (Å²) < 4.78 is 0. The lowest BCUT2D eigenvalue weighted by molar-refractivity contribution is 0.746. The topological polar surface area (TPSA) is 0 Å². The maximum Gasteiger partial charge on any atom is -0.0102 e. The fraction of sp³-hybridized carbons (Fsp3) is 0.636. The van der Waals surface area contributed by atoms with E-state index >= 15 is 0 Å². The summed E-state index contributed by atoms with van der Waals surface area (Å²) in [5.41, 5.74) is 3.08. The molecule has 0 saturated heterocycles. The van der Waals surface area contributed by atoms with Crippen molar-refractivity contribution < 1.29 is 0 Å². The van der Waals surface area contributed by atoms with E-state index in [0.29, 0.717) is 0 Å². The van der Waals surface area contributed by atoms with Crippen molar-refractivity contribution in [1.29, 1.82) is 0 Å². The van der Waals surface area contributed by atoms with Crippen molar-refractivity contribution >= 4 is 0 Å². The third kappa shape index (κ3) is 3.41. The summed E-state index contributed by atoms with van der Waals surface area (Å²) in [6, 6.07) is 0. The van der Waals surface area contributed by atoms with Crippen LogP contribution in [0, 0.1) is 5.92 Å². The molecule has 0 nitrogen and oxygen atoms in total. The fourth-order valence-electron chi connectivity index (χ4n) is 1.09. The molecule has 64 valence electrons. The summed E-state index contributed by atoms with van der Waals surface area (Å²) in [4.78, 5) is 0. The van der Waals surface area contributed by atoms with Crippen molar-refractivity contribution in [3.05, 3.63) is 23.3 Å². The molecular weight excluding hydrogens is 132 g/mol. The van der Waals surface area contributed by atoms with E-state index in [1.165, 1.54) is 12.0 Å². The van der Waals surface area contributed by atoms with Crippen LogP contribution < -0.4 is 0 Å². The van der Waals surface area contributed by atoms with E-state index in [2.05, 4.69) is 32.9 Å². The van der Waals surface area contributed by atoms with Gasteiger partial charge in [-0.1, -0.05) is 51.0 Å². The van der Waals surface area contributed by atoms with Crippen LogP contribution in [0.1, 0.15) is 41.0 Å². The van der Waals surface area contributed by atoms with Gasteiger partial charge in [0, 0.05) is 0 Å². The van der Waals surface area contributed by atoms with Crippen LogP contribution >= 0.6 is 0 Å². The van der Waals surface area contributed by atoms with Crippen molar-refractivity contribution in [1.82, 2.24) is 0 Å². The van der Waals surface area contributed by atoms with Gasteiger partial charge in [-0.05, 0) is 19.3 Å². The minimum absolute atomic E-state index is 0.735. The van der Waals surface area contributed by atoms with Crippen LogP contribution in [0.2, 0.25) is 0 Å². The van der Waals surface area contributed by atoms with Crippen LogP contribution in [-0.4, -0.2) is 0 Å². The maximum absolute atomic E-state index is 2.25. The molecule has 0 heteroatoms. The minimum Gasteiger partial charge on any atom is -0.0693 e. The Hall–Kier alpha value is -0.520. The van der Waals surface area contributed by atoms with Gasteiger partial charge in [0.25, 0.3) is 0 Å². The summed E-state index contributed by atoms with van der Waals surface area (Å²) in [6.07, 6.45) is 5.67. The van der Waals surface area contributed by atoms with Crippen LogP contribution in [0.5, 0.6) is 0 Å². The predicted molar refractivity (Wildman–Crippen MR) is 52.6 cm³/mol. The Morgan fingerprint density at radius 2 is 1.73 bits per heavy atom. The molecule has 0 aromatic carbocycles. The molecule has 0 radical (unpaired) electrons. The van der Waals surface area contributed by atoms with Crippen LogP contribution in [0.3, 0.4) is 0 Å². The standard InChI is InChI=1S/C9H14.C2H6/c1-7(2)9-5-4-8(3)6-9;1-2/h4-5,7H,6H2,1-3H3;1-2H3. The van der Waals surface area contributed by atoms with Gasteiger partial charge in [-0.2, -0.15) is 0 Å². The lowest BCUT2D eigenvalue weighted by Crippen LogP contribution is -1.89. The van der Waals surface area contributed by atoms with E-state index in [9.17, 15) is 0 Å². The van der Waals surface area contributed by atoms with E-state index in [-0.39, 0.29) is 0 Å². The smallest absolute Gasteiger partial charge is 0.0102 e. The van der Waals surface area contributed by atoms with Crippen molar-refractivity contribution in [2.24, 2.45) is 5.92 Å². The van der Waals surface area contributed by atoms with Gasteiger partial charge in [0.2, 0.25) is 0 Å². The summed E-state index contributed by atoms with van der Waals surface area (Å²) in [5, 5.41) is 0. The Bertz CT molecular complexity index is 159. The molecule has 1 rings (SSSR count). The molecule has 0 N–H and O–H groups in total. The lowest BCUT2D eigenvalue weighted by Gasteiger charge is -2.04. The molecule has 0 saturated carbocycles. The van der Waals surface area contributed by atoms with E-state index in [1.807, 2.05) is 13.8 Å². The summed E-state index contributed by atoms with van der Waals surface area (Å²) in [7, 11) is 0. The van der Waals surface area contributed by atoms with E-state index in [0.717, 1.165) is 5.92 Å². The highest BCUT2D eigenvalue weighted by Gasteiger charge is 2.06. The molecular formula is C11H20. The highest BCUT2D eigenvalue weighted by atomic mass is 14.1. The van der Waals surface area contributed by atoms with E-state index < -0.39 is 0 Å². The zero-order valence-electron chi connectivity index (χ0n) is 8.44. The average molecular weight is 152 g/mol. The number of allylic oxidation sites excluding steroid dienone is 4. The van der Waals surface area contributed by atoms with Crippen LogP contribution in [0.15, 0.2) is 23.3 Å². The SMILES string of the molecule is CC.CC1=CC=C(C(C)C)C1. The molecule has 11 heavy (non-hydrogen) atoms. The lowest BCUT2D eigenvalue weighted by atomic mass is 10.0. The first-order chi connectivity index (χ1) is 5.20. The molecule has 0 heterocycles. The summed E-state index contributed by atoms with van der Waals surface area (Å²) in [6.45, 7) is 10.7. The Morgan fingerprint density at radius 1 is 1.18 bits per heavy atom. The van der Waals surface area contributed by atoms with Crippen molar-refractivity contribution in [3.8, 4) is 0 Å². The first-order valence-corrected chi connectivity index (χ1v) is 4.56. The van der Waals surface area contributed by atoms with Crippen molar-refractivity contribution in [2.45, 2.75) is 41.0 Å². The minimum atomic E-state index is 0.735. The highest BCUT2D eigenvalue weighted by molar-refractivity contribution is 5.29. The second-order valence-electron chi connectivity index (χ2n) is 3.09. The van der Waals surface area contributed by atoms with Crippen LogP contribution in [0.4, 0.5) is 0 Å². The monoisotopic (exact) mass is 152 g/mol. The molecule has 0 unspecified atom stereocenters. The molecule has 0 amide bonds. The van der Waals surface area contributed by atoms with Gasteiger partial charge >= 0.3 is 0 Å². The Morgan fingerprint density at radius 3 is 1.91 bits per heavy atom. The van der Waals surface area contributed by atoms with E-state index in [4.69, 9.17) is 0 Å². The largest absolute Gasteiger partial charge is 0.0693 e. The third-order valence-corrected chi connectivity index (χ3v) is 1.81. The van der Waals surface area contributed by atoms with Gasteiger partial charge in [-0.25, -0.2) is 0 Å². The molecule has 0 aromatic rings. The molecule has 0 bridgehead atoms. The number of hydrogen-bond donors (Lipinski definition) is 0. The molecule has 1 aliphatic carbocycles. The van der Waals surface area contributed by atoms with Crippen LogP contribution in [-0.2, 0) is 0 Å². The van der Waals surface area contributed by atoms with Crippen LogP contribution in [0.25, 0.3) is 0 Å². The summed E-state index contributed by atoms with van der Waals surface area (Å²) in [5.74, 6) is 0.735. The zero-order valence-corrected chi connectivity index (χ0v) is 8.44. The van der Waals surface area contributed by atoms with E-state index in [1.54, 1.807) is 5.57 Å². The molecule has 0 spiro atoms. The zero-order chi connectivity index (χ0) is 8.85. The Labute approximate surface area is 71.0 Å². The number of rotatable bonds is 1. The van der Waals surface area contributed by atoms with Gasteiger partial charge < -0.3 is 0 Å². The molecule has 0 aliphatic heterocycles. The second kappa shape index (κ2) is 5.17. The Kier molecular flexibility index (Phi) is 4.93. The van der Waals surface area contributed by atoms with Gasteiger partial charge in [0.15, 0.2) is 0 Å². The second-order valence-corrected chi connectivity index (χ2v) is 3.09. The molecule has 0 fully saturated rings. The normalized spacial score (nSPS) is 15.5. The molecule has 0 aromatic heterocycles. The Balaban J connectivity index is 0.000000461. The molecule has 1 aliphatic rings. The quantitative estimate of drug-likeness (QED) is 0.534. The van der Waals surface area contributed by atoms with Crippen molar-refractivity contribution in [3.63, 3.8) is 0 Å². The maximum atomic E-state index is 2.25. The van der Waals surface area contributed by atoms with Gasteiger partial charge in [-0.3, -0.25) is 0 Å². The first kappa shape index (κ1) is 10.5. The highest BCUT2D eigenvalue weighted by Crippen LogP contribution is 2.24. The summed E-state index contributed by atoms with van der Waals surface area (Å²) >= 11 is 0. The van der Waals surface area contributed by atoms with Gasteiger partial charge in [-0.15, -0.1) is 0 Å². The first-order valence-electron chi connectivity index (χ1n) is 4.56.